The largest absolute Gasteiger partial charge is 0.0955 e. The maximum absolute atomic E-state index is 4.84. The molecular weight excluding hydrogens is 444 g/mol. The molecule has 0 saturated heterocycles. The van der Waals surface area contributed by atoms with Gasteiger partial charge in [0.25, 0.3) is 0 Å². The van der Waals surface area contributed by atoms with Gasteiger partial charge >= 0.3 is 0 Å². The molecule has 0 heteroatoms. The second-order valence-electron chi connectivity index (χ2n) is 12.9. The third kappa shape index (κ3) is 3.14. The van der Waals surface area contributed by atoms with Crippen molar-refractivity contribution in [1.29, 1.82) is 0 Å². The highest BCUT2D eigenvalue weighted by Crippen LogP contribution is 2.74. The summed E-state index contributed by atoms with van der Waals surface area (Å²) in [5.74, 6) is 0.790. The minimum Gasteiger partial charge on any atom is -0.0955 e. The number of allylic oxidation sites excluding steroid dienone is 7. The molecule has 192 valence electrons. The molecule has 3 aliphatic rings. The monoisotopic (exact) mass is 488 g/mol. The Balaban J connectivity index is 1.85. The van der Waals surface area contributed by atoms with Crippen LogP contribution in [0.4, 0.5) is 0 Å². The van der Waals surface area contributed by atoms with Crippen molar-refractivity contribution in [3.05, 3.63) is 124 Å². The molecule has 2 aromatic carbocycles. The number of fused-ring (bicyclic) bond motifs is 3. The van der Waals surface area contributed by atoms with E-state index < -0.39 is 0 Å². The van der Waals surface area contributed by atoms with Crippen molar-refractivity contribution in [2.45, 2.75) is 74.1 Å². The zero-order chi connectivity index (χ0) is 27.1. The average Bonchev–Trinajstić information content (AvgIpc) is 2.84. The van der Waals surface area contributed by atoms with Gasteiger partial charge < -0.3 is 0 Å². The summed E-state index contributed by atoms with van der Waals surface area (Å²) in [7, 11) is 0. The number of hydrogen-bond acceptors (Lipinski definition) is 0. The lowest BCUT2D eigenvalue weighted by Gasteiger charge is -2.67. The van der Waals surface area contributed by atoms with Crippen molar-refractivity contribution in [2.75, 3.05) is 0 Å². The third-order valence-corrected chi connectivity index (χ3v) is 11.3. The van der Waals surface area contributed by atoms with Crippen LogP contribution >= 0.6 is 0 Å². The Morgan fingerprint density at radius 3 is 2.22 bits per heavy atom. The lowest BCUT2D eigenvalue weighted by Crippen LogP contribution is -2.59. The minimum atomic E-state index is -0.157. The molecule has 0 radical (unpaired) electrons. The van der Waals surface area contributed by atoms with E-state index in [4.69, 9.17) is 13.2 Å². The van der Waals surface area contributed by atoms with E-state index in [9.17, 15) is 0 Å². The summed E-state index contributed by atoms with van der Waals surface area (Å²) < 4.78 is 0. The predicted molar refractivity (Wildman–Crippen MR) is 161 cm³/mol. The van der Waals surface area contributed by atoms with E-state index in [0.717, 1.165) is 18.4 Å². The molecule has 2 aromatic rings. The lowest BCUT2D eigenvalue weighted by molar-refractivity contribution is -0.0285. The normalized spacial score (nSPS) is 33.2. The second-order valence-corrected chi connectivity index (χ2v) is 12.9. The topological polar surface area (TPSA) is 0 Å². The van der Waals surface area contributed by atoms with Crippen LogP contribution in [0.3, 0.4) is 0 Å². The first-order chi connectivity index (χ1) is 17.3. The second kappa shape index (κ2) is 8.32. The van der Waals surface area contributed by atoms with Crippen molar-refractivity contribution >= 4 is 5.57 Å². The molecule has 37 heavy (non-hydrogen) atoms. The van der Waals surface area contributed by atoms with Crippen LogP contribution in [0.15, 0.2) is 102 Å². The van der Waals surface area contributed by atoms with Gasteiger partial charge in [0.15, 0.2) is 0 Å². The highest BCUT2D eigenvalue weighted by Gasteiger charge is 2.65. The molecule has 0 aliphatic heterocycles. The van der Waals surface area contributed by atoms with Gasteiger partial charge in [-0.3, -0.25) is 0 Å². The Kier molecular flexibility index (Phi) is 5.80. The molecule has 0 aromatic heterocycles. The number of benzene rings is 2. The quantitative estimate of drug-likeness (QED) is 0.403. The van der Waals surface area contributed by atoms with Gasteiger partial charge in [0, 0.05) is 10.8 Å². The first kappa shape index (κ1) is 25.8. The first-order valence-electron chi connectivity index (χ1n) is 13.9. The fourth-order valence-electron chi connectivity index (χ4n) is 9.10. The van der Waals surface area contributed by atoms with Gasteiger partial charge in [0.1, 0.15) is 0 Å². The van der Waals surface area contributed by atoms with Gasteiger partial charge in [-0.1, -0.05) is 113 Å². The van der Waals surface area contributed by atoms with Crippen molar-refractivity contribution < 1.29 is 0 Å². The van der Waals surface area contributed by atoms with Gasteiger partial charge in [0.05, 0.1) is 0 Å². The molecule has 0 spiro atoms. The van der Waals surface area contributed by atoms with Crippen LogP contribution in [-0.2, 0) is 6.42 Å². The summed E-state index contributed by atoms with van der Waals surface area (Å²) in [5, 5.41) is 0. The maximum Gasteiger partial charge on any atom is 0.0196 e. The number of hydrogen-bond donors (Lipinski definition) is 0. The van der Waals surface area contributed by atoms with E-state index in [-0.39, 0.29) is 16.2 Å². The minimum absolute atomic E-state index is 0.0337. The standard InChI is InChI=1S/C37H44/c1-22(2)32-24(4)21-35(9)28(8)36(10)31(20-29-17-13-12-14-18-29)30-19-15-16-23(3)33(30)25(5)34(36)27(7)37(35,11)26(32)6/h12-19,28,31H,1,5-6,20-21H2,2-4,7-11H3/t28-,31?,35-,36-,37+/m0/s1. The Labute approximate surface area is 225 Å². The summed E-state index contributed by atoms with van der Waals surface area (Å²) in [6, 6.07) is 18.0. The van der Waals surface area contributed by atoms with Gasteiger partial charge in [-0.2, -0.15) is 0 Å². The number of aryl methyl sites for hydroxylation is 1. The summed E-state index contributed by atoms with van der Waals surface area (Å²) >= 11 is 0. The van der Waals surface area contributed by atoms with Gasteiger partial charge in [-0.05, 0) is 102 Å². The summed E-state index contributed by atoms with van der Waals surface area (Å²) in [6.07, 6.45) is 2.10. The van der Waals surface area contributed by atoms with Crippen LogP contribution in [0.25, 0.3) is 5.57 Å². The molecule has 3 aliphatic carbocycles. The van der Waals surface area contributed by atoms with E-state index in [1.807, 2.05) is 0 Å². The van der Waals surface area contributed by atoms with Crippen molar-refractivity contribution in [3.63, 3.8) is 0 Å². The summed E-state index contributed by atoms with van der Waals surface area (Å²) in [6.45, 7) is 33.2. The molecule has 1 unspecified atom stereocenters. The molecule has 0 nitrogen and oxygen atoms in total. The third-order valence-electron chi connectivity index (χ3n) is 11.3. The van der Waals surface area contributed by atoms with E-state index in [1.54, 1.807) is 0 Å². The molecular formula is C37H44. The molecule has 0 saturated carbocycles. The van der Waals surface area contributed by atoms with Crippen molar-refractivity contribution in [3.8, 4) is 0 Å². The van der Waals surface area contributed by atoms with E-state index >= 15 is 0 Å². The SMILES string of the molecule is C=C(C)C1=C(C)C[C@@]2(C)[C@H](C)[C@]3(C)C(=C(C)[C@@]2(C)C1=C)C(=C)c1c(C)cccc1C3Cc1ccccc1. The smallest absolute Gasteiger partial charge is 0.0196 e. The van der Waals surface area contributed by atoms with Gasteiger partial charge in [0.2, 0.25) is 0 Å². The van der Waals surface area contributed by atoms with Crippen molar-refractivity contribution in [1.82, 2.24) is 0 Å². The Hall–Kier alpha value is -2.86. The molecule has 0 bridgehead atoms. The van der Waals surface area contributed by atoms with E-state index in [1.165, 1.54) is 55.7 Å². The molecule has 0 N–H and O–H groups in total. The Morgan fingerprint density at radius 2 is 1.59 bits per heavy atom. The van der Waals surface area contributed by atoms with E-state index in [0.29, 0.717) is 11.8 Å². The first-order valence-corrected chi connectivity index (χ1v) is 13.9. The van der Waals surface area contributed by atoms with Crippen LogP contribution in [-0.4, -0.2) is 0 Å². The van der Waals surface area contributed by atoms with Gasteiger partial charge in [-0.15, -0.1) is 0 Å². The zero-order valence-corrected chi connectivity index (χ0v) is 24.3. The van der Waals surface area contributed by atoms with Crippen LogP contribution in [0.5, 0.6) is 0 Å². The molecule has 5 atom stereocenters. The predicted octanol–water partition coefficient (Wildman–Crippen LogP) is 10.2. The Morgan fingerprint density at radius 1 is 0.946 bits per heavy atom. The van der Waals surface area contributed by atoms with Crippen LogP contribution in [0.2, 0.25) is 0 Å². The van der Waals surface area contributed by atoms with Crippen molar-refractivity contribution in [2.24, 2.45) is 22.2 Å². The maximum atomic E-state index is 4.84. The highest BCUT2D eigenvalue weighted by atomic mass is 14.7. The molecule has 5 rings (SSSR count). The fraction of sp³-hybridized carbons (Fsp3) is 0.405. The molecule has 0 fully saturated rings. The van der Waals surface area contributed by atoms with Crippen LogP contribution in [0.1, 0.15) is 83.1 Å². The average molecular weight is 489 g/mol. The molecule has 0 amide bonds. The van der Waals surface area contributed by atoms with Gasteiger partial charge in [-0.25, -0.2) is 0 Å². The zero-order valence-electron chi connectivity index (χ0n) is 24.3. The van der Waals surface area contributed by atoms with E-state index in [2.05, 4.69) is 110 Å². The molecule has 0 heterocycles. The van der Waals surface area contributed by atoms with Crippen LogP contribution < -0.4 is 0 Å². The fourth-order valence-corrected chi connectivity index (χ4v) is 9.10. The summed E-state index contributed by atoms with van der Waals surface area (Å²) in [4.78, 5) is 0. The lowest BCUT2D eigenvalue weighted by atomic mass is 9.36. The Bertz CT molecular complexity index is 1410. The summed E-state index contributed by atoms with van der Waals surface area (Å²) in [5.41, 5.74) is 14.7. The number of rotatable bonds is 3. The highest BCUT2D eigenvalue weighted by molar-refractivity contribution is 5.87. The van der Waals surface area contributed by atoms with Crippen LogP contribution in [0, 0.1) is 29.1 Å².